The van der Waals surface area contributed by atoms with Crippen molar-refractivity contribution in [3.05, 3.63) is 11.6 Å². The largest absolute Gasteiger partial charge is 0.381 e. The Morgan fingerprint density at radius 2 is 2.00 bits per heavy atom. The summed E-state index contributed by atoms with van der Waals surface area (Å²) in [5, 5.41) is 0. The number of allylic oxidation sites excluding steroid dienone is 1. The van der Waals surface area contributed by atoms with Crippen molar-refractivity contribution in [1.82, 2.24) is 0 Å². The van der Waals surface area contributed by atoms with E-state index in [0.29, 0.717) is 6.04 Å². The van der Waals surface area contributed by atoms with E-state index < -0.39 is 0 Å². The van der Waals surface area contributed by atoms with Crippen LogP contribution in [0.2, 0.25) is 0 Å². The maximum atomic E-state index is 6.08. The molecule has 3 aliphatic rings. The molecule has 0 aromatic carbocycles. The zero-order chi connectivity index (χ0) is 11.7. The Hall–Kier alpha value is -0.380. The summed E-state index contributed by atoms with van der Waals surface area (Å²) in [7, 11) is 0. The second kappa shape index (κ2) is 4.71. The lowest BCUT2D eigenvalue weighted by molar-refractivity contribution is -0.143. The minimum absolute atomic E-state index is 0.120. The number of hydrogen-bond acceptors (Lipinski definition) is 3. The van der Waals surface area contributed by atoms with E-state index in [1.54, 1.807) is 5.57 Å². The molecule has 2 atom stereocenters. The maximum absolute atomic E-state index is 6.08. The highest BCUT2D eigenvalue weighted by molar-refractivity contribution is 5.18. The average molecular weight is 237 g/mol. The number of rotatable bonds is 1. The van der Waals surface area contributed by atoms with E-state index in [1.807, 2.05) is 0 Å². The van der Waals surface area contributed by atoms with Gasteiger partial charge in [-0.1, -0.05) is 11.6 Å². The summed E-state index contributed by atoms with van der Waals surface area (Å²) in [6, 6.07) is 0.304. The highest BCUT2D eigenvalue weighted by atomic mass is 16.5. The molecule has 0 amide bonds. The van der Waals surface area contributed by atoms with Gasteiger partial charge in [-0.05, 0) is 44.4 Å². The predicted octanol–water partition coefficient (Wildman–Crippen LogP) is 2.01. The van der Waals surface area contributed by atoms with Crippen molar-refractivity contribution in [2.24, 2.45) is 11.7 Å². The first kappa shape index (κ1) is 11.7. The third-order valence-corrected chi connectivity index (χ3v) is 4.62. The van der Waals surface area contributed by atoms with E-state index in [4.69, 9.17) is 15.2 Å². The quantitative estimate of drug-likeness (QED) is 0.710. The lowest BCUT2D eigenvalue weighted by atomic mass is 9.77. The first-order valence-corrected chi connectivity index (χ1v) is 6.95. The Bertz CT molecular complexity index is 302. The van der Waals surface area contributed by atoms with Gasteiger partial charge in [0.2, 0.25) is 0 Å². The van der Waals surface area contributed by atoms with Crippen LogP contribution in [0.25, 0.3) is 0 Å². The van der Waals surface area contributed by atoms with Crippen LogP contribution >= 0.6 is 0 Å². The van der Waals surface area contributed by atoms with Crippen LogP contribution in [0.3, 0.4) is 0 Å². The minimum atomic E-state index is 0.120. The number of nitrogens with two attached hydrogens (primary N) is 1. The summed E-state index contributed by atoms with van der Waals surface area (Å²) in [5.74, 6) is 0.718. The molecular weight excluding hydrogens is 214 g/mol. The zero-order valence-electron chi connectivity index (χ0n) is 10.5. The van der Waals surface area contributed by atoms with Gasteiger partial charge in [0.25, 0.3) is 0 Å². The standard InChI is InChI=1S/C14H23NO2/c15-13-2-1-11(9-13)12-3-6-17-14(10-12)4-7-16-8-5-14/h9,12-13H,1-8,10,15H2. The van der Waals surface area contributed by atoms with Crippen LogP contribution in [0, 0.1) is 5.92 Å². The highest BCUT2D eigenvalue weighted by Gasteiger charge is 2.40. The van der Waals surface area contributed by atoms with Crippen molar-refractivity contribution < 1.29 is 9.47 Å². The summed E-state index contributed by atoms with van der Waals surface area (Å²) >= 11 is 0. The molecule has 2 heterocycles. The fraction of sp³-hybridized carbons (Fsp3) is 0.857. The van der Waals surface area contributed by atoms with Crippen molar-refractivity contribution >= 4 is 0 Å². The molecule has 0 radical (unpaired) electrons. The fourth-order valence-corrected chi connectivity index (χ4v) is 3.55. The molecule has 1 aliphatic carbocycles. The van der Waals surface area contributed by atoms with Crippen LogP contribution in [0.15, 0.2) is 11.6 Å². The summed E-state index contributed by atoms with van der Waals surface area (Å²) in [4.78, 5) is 0. The molecule has 3 rings (SSSR count). The molecule has 2 saturated heterocycles. The molecule has 0 aromatic heterocycles. The van der Waals surface area contributed by atoms with Gasteiger partial charge in [-0.3, -0.25) is 0 Å². The lowest BCUT2D eigenvalue weighted by Gasteiger charge is -2.43. The SMILES string of the molecule is NC1C=C(C2CCOC3(CCOCC3)C2)CC1. The van der Waals surface area contributed by atoms with Gasteiger partial charge in [-0.2, -0.15) is 0 Å². The fourth-order valence-electron chi connectivity index (χ4n) is 3.55. The van der Waals surface area contributed by atoms with E-state index in [-0.39, 0.29) is 5.60 Å². The normalized spacial score (nSPS) is 37.1. The maximum Gasteiger partial charge on any atom is 0.0732 e. The Kier molecular flexibility index (Phi) is 3.24. The predicted molar refractivity (Wildman–Crippen MR) is 66.8 cm³/mol. The molecule has 3 nitrogen and oxygen atoms in total. The lowest BCUT2D eigenvalue weighted by Crippen LogP contribution is -2.44. The van der Waals surface area contributed by atoms with Crippen molar-refractivity contribution in [2.75, 3.05) is 19.8 Å². The third-order valence-electron chi connectivity index (χ3n) is 4.62. The molecule has 2 N–H and O–H groups in total. The molecule has 1 spiro atoms. The van der Waals surface area contributed by atoms with E-state index in [0.717, 1.165) is 45.0 Å². The van der Waals surface area contributed by atoms with Crippen molar-refractivity contribution in [2.45, 2.75) is 50.2 Å². The molecule has 0 bridgehead atoms. The minimum Gasteiger partial charge on any atom is -0.381 e. The van der Waals surface area contributed by atoms with Gasteiger partial charge in [0.1, 0.15) is 0 Å². The van der Waals surface area contributed by atoms with Gasteiger partial charge in [0.05, 0.1) is 5.60 Å². The molecule has 0 saturated carbocycles. The molecule has 96 valence electrons. The van der Waals surface area contributed by atoms with Crippen molar-refractivity contribution in [3.63, 3.8) is 0 Å². The average Bonchev–Trinajstić information content (AvgIpc) is 2.77. The number of hydrogen-bond donors (Lipinski definition) is 1. The topological polar surface area (TPSA) is 44.5 Å². The van der Waals surface area contributed by atoms with Gasteiger partial charge in [-0.25, -0.2) is 0 Å². The Balaban J connectivity index is 1.69. The summed E-state index contributed by atoms with van der Waals surface area (Å²) in [6.07, 6.45) is 9.17. The second-order valence-corrected chi connectivity index (χ2v) is 5.78. The van der Waals surface area contributed by atoms with E-state index in [2.05, 4.69) is 6.08 Å². The van der Waals surface area contributed by atoms with Crippen LogP contribution < -0.4 is 5.73 Å². The number of ether oxygens (including phenoxy) is 2. The first-order valence-electron chi connectivity index (χ1n) is 6.95. The summed E-state index contributed by atoms with van der Waals surface area (Å²) < 4.78 is 11.5. The molecule has 3 heteroatoms. The second-order valence-electron chi connectivity index (χ2n) is 5.78. The van der Waals surface area contributed by atoms with Gasteiger partial charge < -0.3 is 15.2 Å². The van der Waals surface area contributed by atoms with E-state index in [9.17, 15) is 0 Å². The monoisotopic (exact) mass is 237 g/mol. The van der Waals surface area contributed by atoms with Crippen LogP contribution in [0.5, 0.6) is 0 Å². The van der Waals surface area contributed by atoms with Gasteiger partial charge in [-0.15, -0.1) is 0 Å². The molecule has 2 unspecified atom stereocenters. The van der Waals surface area contributed by atoms with Gasteiger partial charge in [0, 0.05) is 25.9 Å². The molecule has 2 aliphatic heterocycles. The molecule has 0 aromatic rings. The Labute approximate surface area is 103 Å². The zero-order valence-corrected chi connectivity index (χ0v) is 10.5. The third kappa shape index (κ3) is 2.42. The Morgan fingerprint density at radius 1 is 1.18 bits per heavy atom. The van der Waals surface area contributed by atoms with Crippen molar-refractivity contribution in [3.8, 4) is 0 Å². The first-order chi connectivity index (χ1) is 8.27. The van der Waals surface area contributed by atoms with Crippen LogP contribution in [-0.2, 0) is 9.47 Å². The molecular formula is C14H23NO2. The van der Waals surface area contributed by atoms with E-state index >= 15 is 0 Å². The Morgan fingerprint density at radius 3 is 2.71 bits per heavy atom. The van der Waals surface area contributed by atoms with Crippen LogP contribution in [0.4, 0.5) is 0 Å². The summed E-state index contributed by atoms with van der Waals surface area (Å²) in [6.45, 7) is 2.65. The van der Waals surface area contributed by atoms with Gasteiger partial charge >= 0.3 is 0 Å². The summed E-state index contributed by atoms with van der Waals surface area (Å²) in [5.41, 5.74) is 7.70. The van der Waals surface area contributed by atoms with E-state index in [1.165, 1.54) is 19.3 Å². The molecule has 17 heavy (non-hydrogen) atoms. The van der Waals surface area contributed by atoms with Crippen LogP contribution in [-0.4, -0.2) is 31.5 Å². The highest BCUT2D eigenvalue weighted by Crippen LogP contribution is 2.41. The van der Waals surface area contributed by atoms with Crippen LogP contribution in [0.1, 0.15) is 38.5 Å². The van der Waals surface area contributed by atoms with Crippen molar-refractivity contribution in [1.29, 1.82) is 0 Å². The molecule has 2 fully saturated rings. The van der Waals surface area contributed by atoms with Gasteiger partial charge in [0.15, 0.2) is 0 Å². The smallest absolute Gasteiger partial charge is 0.0732 e.